The van der Waals surface area contributed by atoms with Crippen molar-refractivity contribution in [2.24, 2.45) is 5.84 Å². The summed E-state index contributed by atoms with van der Waals surface area (Å²) in [4.78, 5) is 8.13. The SMILES string of the molecule is NNc1ncc(Cl)c(NC2CCCCC2)n1. The van der Waals surface area contributed by atoms with E-state index in [0.29, 0.717) is 22.8 Å². The summed E-state index contributed by atoms with van der Waals surface area (Å²) in [7, 11) is 0. The summed E-state index contributed by atoms with van der Waals surface area (Å²) < 4.78 is 0. The Morgan fingerprint density at radius 2 is 2.06 bits per heavy atom. The Balaban J connectivity index is 2.06. The second-order valence-corrected chi connectivity index (χ2v) is 4.42. The molecular weight excluding hydrogens is 226 g/mol. The average molecular weight is 242 g/mol. The first-order valence-electron chi connectivity index (χ1n) is 5.55. The molecule has 1 aliphatic carbocycles. The Hall–Kier alpha value is -1.07. The van der Waals surface area contributed by atoms with Gasteiger partial charge in [-0.25, -0.2) is 10.8 Å². The molecule has 0 unspecified atom stereocenters. The minimum Gasteiger partial charge on any atom is -0.366 e. The summed E-state index contributed by atoms with van der Waals surface area (Å²) in [6, 6.07) is 0.465. The number of nitrogens with zero attached hydrogens (tertiary/aromatic N) is 2. The summed E-state index contributed by atoms with van der Waals surface area (Å²) in [5.41, 5.74) is 2.41. The van der Waals surface area contributed by atoms with Gasteiger partial charge in [-0.05, 0) is 12.8 Å². The zero-order valence-corrected chi connectivity index (χ0v) is 9.80. The molecule has 0 bridgehead atoms. The van der Waals surface area contributed by atoms with Crippen LogP contribution in [0.4, 0.5) is 11.8 Å². The van der Waals surface area contributed by atoms with Crippen molar-refractivity contribution in [1.82, 2.24) is 9.97 Å². The van der Waals surface area contributed by atoms with E-state index in [2.05, 4.69) is 20.7 Å². The summed E-state index contributed by atoms with van der Waals surface area (Å²) >= 11 is 6.02. The number of nitrogens with two attached hydrogens (primary N) is 1. The third-order valence-electron chi connectivity index (χ3n) is 2.82. The highest BCUT2D eigenvalue weighted by molar-refractivity contribution is 6.32. The van der Waals surface area contributed by atoms with Crippen LogP contribution in [-0.2, 0) is 0 Å². The first kappa shape index (κ1) is 11.4. The number of halogens is 1. The first-order chi connectivity index (χ1) is 7.79. The quantitative estimate of drug-likeness (QED) is 0.559. The number of hydrazine groups is 1. The molecule has 1 heterocycles. The lowest BCUT2D eigenvalue weighted by Crippen LogP contribution is -2.23. The fourth-order valence-corrected chi connectivity index (χ4v) is 2.12. The summed E-state index contributed by atoms with van der Waals surface area (Å²) in [5, 5.41) is 3.88. The van der Waals surface area contributed by atoms with E-state index in [1.165, 1.54) is 32.1 Å². The van der Waals surface area contributed by atoms with Crippen LogP contribution in [0.25, 0.3) is 0 Å². The van der Waals surface area contributed by atoms with Gasteiger partial charge in [0.2, 0.25) is 5.95 Å². The standard InChI is InChI=1S/C10H16ClN5/c11-8-6-13-10(16-12)15-9(8)14-7-4-2-1-3-5-7/h6-7H,1-5,12H2,(H2,13,14,15,16). The summed E-state index contributed by atoms with van der Waals surface area (Å²) in [6.07, 6.45) is 7.75. The van der Waals surface area contributed by atoms with E-state index in [1.807, 2.05) is 0 Å². The second-order valence-electron chi connectivity index (χ2n) is 4.01. The average Bonchev–Trinajstić information content (AvgIpc) is 2.33. The van der Waals surface area contributed by atoms with Crippen molar-refractivity contribution in [3.8, 4) is 0 Å². The van der Waals surface area contributed by atoms with Gasteiger partial charge in [0.1, 0.15) is 5.02 Å². The van der Waals surface area contributed by atoms with Gasteiger partial charge in [-0.1, -0.05) is 30.9 Å². The van der Waals surface area contributed by atoms with Crippen molar-refractivity contribution < 1.29 is 0 Å². The monoisotopic (exact) mass is 241 g/mol. The predicted octanol–water partition coefficient (Wildman–Crippen LogP) is 2.16. The van der Waals surface area contributed by atoms with E-state index >= 15 is 0 Å². The number of aromatic nitrogens is 2. The fourth-order valence-electron chi connectivity index (χ4n) is 1.98. The van der Waals surface area contributed by atoms with Crippen LogP contribution in [0.3, 0.4) is 0 Å². The molecule has 0 saturated heterocycles. The minimum atomic E-state index is 0.378. The van der Waals surface area contributed by atoms with E-state index in [4.69, 9.17) is 17.4 Å². The van der Waals surface area contributed by atoms with Gasteiger partial charge >= 0.3 is 0 Å². The number of nitrogens with one attached hydrogen (secondary N) is 2. The number of hydrogen-bond donors (Lipinski definition) is 3. The van der Waals surface area contributed by atoms with E-state index in [1.54, 1.807) is 6.20 Å². The van der Waals surface area contributed by atoms with Crippen LogP contribution in [0.2, 0.25) is 5.02 Å². The number of nitrogen functional groups attached to an aromatic ring is 1. The van der Waals surface area contributed by atoms with Gasteiger partial charge in [-0.15, -0.1) is 0 Å². The predicted molar refractivity (Wildman–Crippen MR) is 65.3 cm³/mol. The molecular formula is C10H16ClN5. The van der Waals surface area contributed by atoms with Gasteiger partial charge in [0.25, 0.3) is 0 Å². The van der Waals surface area contributed by atoms with E-state index in [-0.39, 0.29) is 0 Å². The van der Waals surface area contributed by atoms with Gasteiger partial charge in [-0.3, -0.25) is 5.43 Å². The van der Waals surface area contributed by atoms with E-state index < -0.39 is 0 Å². The second kappa shape index (κ2) is 5.32. The molecule has 5 nitrogen and oxygen atoms in total. The van der Waals surface area contributed by atoms with Crippen LogP contribution in [0.5, 0.6) is 0 Å². The van der Waals surface area contributed by atoms with Crippen LogP contribution in [0.1, 0.15) is 32.1 Å². The molecule has 1 aliphatic rings. The van der Waals surface area contributed by atoms with E-state index in [9.17, 15) is 0 Å². The molecule has 1 saturated carbocycles. The molecule has 0 spiro atoms. The molecule has 1 fully saturated rings. The minimum absolute atomic E-state index is 0.378. The molecule has 2 rings (SSSR count). The van der Waals surface area contributed by atoms with Gasteiger partial charge in [-0.2, -0.15) is 4.98 Å². The van der Waals surface area contributed by atoms with Crippen molar-refractivity contribution in [2.75, 3.05) is 10.7 Å². The molecule has 1 aromatic heterocycles. The topological polar surface area (TPSA) is 75.9 Å². The first-order valence-corrected chi connectivity index (χ1v) is 5.93. The zero-order chi connectivity index (χ0) is 11.4. The molecule has 16 heavy (non-hydrogen) atoms. The van der Waals surface area contributed by atoms with Crippen LogP contribution in [0.15, 0.2) is 6.20 Å². The maximum Gasteiger partial charge on any atom is 0.239 e. The van der Waals surface area contributed by atoms with Gasteiger partial charge in [0, 0.05) is 6.04 Å². The Morgan fingerprint density at radius 1 is 1.31 bits per heavy atom. The lowest BCUT2D eigenvalue weighted by molar-refractivity contribution is 0.462. The van der Waals surface area contributed by atoms with Gasteiger partial charge < -0.3 is 5.32 Å². The van der Waals surface area contributed by atoms with Crippen molar-refractivity contribution in [2.45, 2.75) is 38.1 Å². The van der Waals surface area contributed by atoms with Crippen molar-refractivity contribution in [3.05, 3.63) is 11.2 Å². The molecule has 6 heteroatoms. The summed E-state index contributed by atoms with van der Waals surface area (Å²) in [6.45, 7) is 0. The van der Waals surface area contributed by atoms with Crippen LogP contribution < -0.4 is 16.6 Å². The molecule has 0 atom stereocenters. The lowest BCUT2D eigenvalue weighted by atomic mass is 9.95. The van der Waals surface area contributed by atoms with Gasteiger partial charge in [0.15, 0.2) is 5.82 Å². The molecule has 1 aromatic rings. The molecule has 0 amide bonds. The Morgan fingerprint density at radius 3 is 2.75 bits per heavy atom. The smallest absolute Gasteiger partial charge is 0.239 e. The highest BCUT2D eigenvalue weighted by atomic mass is 35.5. The van der Waals surface area contributed by atoms with Crippen LogP contribution in [-0.4, -0.2) is 16.0 Å². The number of rotatable bonds is 3. The fraction of sp³-hybridized carbons (Fsp3) is 0.600. The van der Waals surface area contributed by atoms with E-state index in [0.717, 1.165) is 0 Å². The number of anilines is 2. The lowest BCUT2D eigenvalue weighted by Gasteiger charge is -2.23. The maximum atomic E-state index is 6.02. The Bertz CT molecular complexity index is 351. The van der Waals surface area contributed by atoms with Crippen molar-refractivity contribution >= 4 is 23.4 Å². The molecule has 0 aliphatic heterocycles. The number of hydrogen-bond acceptors (Lipinski definition) is 5. The molecule has 0 radical (unpaired) electrons. The van der Waals surface area contributed by atoms with Crippen LogP contribution >= 0.6 is 11.6 Å². The maximum absolute atomic E-state index is 6.02. The van der Waals surface area contributed by atoms with Crippen LogP contribution in [0, 0.1) is 0 Å². The van der Waals surface area contributed by atoms with Crippen molar-refractivity contribution in [3.63, 3.8) is 0 Å². The zero-order valence-electron chi connectivity index (χ0n) is 9.04. The Labute approximate surface area is 99.8 Å². The van der Waals surface area contributed by atoms with Crippen molar-refractivity contribution in [1.29, 1.82) is 0 Å². The highest BCUT2D eigenvalue weighted by Crippen LogP contribution is 2.25. The third kappa shape index (κ3) is 2.74. The normalized spacial score (nSPS) is 17.1. The highest BCUT2D eigenvalue weighted by Gasteiger charge is 2.15. The molecule has 4 N–H and O–H groups in total. The molecule has 88 valence electrons. The van der Waals surface area contributed by atoms with Gasteiger partial charge in [0.05, 0.1) is 6.20 Å². The largest absolute Gasteiger partial charge is 0.366 e. The molecule has 0 aromatic carbocycles. The Kier molecular flexibility index (Phi) is 3.79. The summed E-state index contributed by atoms with van der Waals surface area (Å²) in [5.74, 6) is 6.30. The third-order valence-corrected chi connectivity index (χ3v) is 3.10.